The van der Waals surface area contributed by atoms with Crippen LogP contribution < -0.4 is 4.90 Å². The van der Waals surface area contributed by atoms with Crippen LogP contribution in [0, 0.1) is 5.41 Å². The zero-order chi connectivity index (χ0) is 14.0. The summed E-state index contributed by atoms with van der Waals surface area (Å²) in [4.78, 5) is 2.40. The molecule has 1 aromatic carbocycles. The molecule has 19 heavy (non-hydrogen) atoms. The van der Waals surface area contributed by atoms with Gasteiger partial charge >= 0.3 is 0 Å². The second-order valence-electron chi connectivity index (χ2n) is 6.03. The molecule has 0 radical (unpaired) electrons. The molecule has 1 atom stereocenters. The summed E-state index contributed by atoms with van der Waals surface area (Å²) in [7, 11) is 0. The molecule has 0 saturated carbocycles. The molecule has 0 amide bonds. The number of nitrogens with zero attached hydrogens (tertiary/aromatic N) is 1. The lowest BCUT2D eigenvalue weighted by atomic mass is 9.78. The maximum atomic E-state index is 9.61. The van der Waals surface area contributed by atoms with Crippen LogP contribution in [-0.2, 0) is 0 Å². The largest absolute Gasteiger partial charge is 0.389 e. The summed E-state index contributed by atoms with van der Waals surface area (Å²) < 4.78 is 0. The number of anilines is 1. The van der Waals surface area contributed by atoms with Gasteiger partial charge in [0.25, 0.3) is 0 Å². The predicted molar refractivity (Wildman–Crippen MR) is 81.9 cm³/mol. The molecule has 1 N–H and O–H groups in total. The highest BCUT2D eigenvalue weighted by molar-refractivity contribution is 6.31. The number of aliphatic hydroxyl groups excluding tert-OH is 1. The van der Waals surface area contributed by atoms with Gasteiger partial charge in [-0.05, 0) is 42.9 Å². The number of rotatable bonds is 3. The Morgan fingerprint density at radius 2 is 2.00 bits per heavy atom. The third kappa shape index (κ3) is 3.24. The van der Waals surface area contributed by atoms with Gasteiger partial charge in [0.2, 0.25) is 0 Å². The Bertz CT molecular complexity index is 436. The first-order valence-corrected chi connectivity index (χ1v) is 7.55. The molecule has 2 nitrogen and oxygen atoms in total. The van der Waals surface area contributed by atoms with E-state index >= 15 is 0 Å². The average molecular weight is 282 g/mol. The lowest BCUT2D eigenvalue weighted by Gasteiger charge is -2.40. The van der Waals surface area contributed by atoms with Crippen molar-refractivity contribution in [2.45, 2.75) is 46.1 Å². The summed E-state index contributed by atoms with van der Waals surface area (Å²) in [5.41, 5.74) is 2.48. The Balaban J connectivity index is 2.10. The van der Waals surface area contributed by atoms with E-state index < -0.39 is 6.10 Å². The van der Waals surface area contributed by atoms with Crippen molar-refractivity contribution < 1.29 is 5.11 Å². The number of benzene rings is 1. The zero-order valence-electron chi connectivity index (χ0n) is 12.1. The van der Waals surface area contributed by atoms with Crippen molar-refractivity contribution >= 4 is 17.3 Å². The van der Waals surface area contributed by atoms with Gasteiger partial charge in [0.05, 0.1) is 6.10 Å². The zero-order valence-corrected chi connectivity index (χ0v) is 12.9. The number of aliphatic hydroxyl groups is 1. The molecule has 1 unspecified atom stereocenters. The summed E-state index contributed by atoms with van der Waals surface area (Å²) >= 11 is 6.24. The molecule has 1 aromatic rings. The fourth-order valence-corrected chi connectivity index (χ4v) is 3.04. The van der Waals surface area contributed by atoms with Gasteiger partial charge in [-0.1, -0.05) is 37.9 Å². The van der Waals surface area contributed by atoms with Crippen molar-refractivity contribution in [1.82, 2.24) is 0 Å². The van der Waals surface area contributed by atoms with Gasteiger partial charge in [-0.15, -0.1) is 0 Å². The lowest BCUT2D eigenvalue weighted by Crippen LogP contribution is -2.38. The van der Waals surface area contributed by atoms with Crippen molar-refractivity contribution in [3.05, 3.63) is 28.8 Å². The van der Waals surface area contributed by atoms with Crippen LogP contribution in [0.15, 0.2) is 18.2 Å². The van der Waals surface area contributed by atoms with Crippen molar-refractivity contribution in [3.8, 4) is 0 Å². The fourth-order valence-electron chi connectivity index (χ4n) is 2.71. The molecule has 3 heteroatoms. The first-order chi connectivity index (χ1) is 8.95. The number of hydrogen-bond acceptors (Lipinski definition) is 2. The van der Waals surface area contributed by atoms with Gasteiger partial charge < -0.3 is 10.0 Å². The van der Waals surface area contributed by atoms with Gasteiger partial charge in [0, 0.05) is 23.8 Å². The maximum Gasteiger partial charge on any atom is 0.0776 e. The van der Waals surface area contributed by atoms with Crippen LogP contribution in [0.1, 0.15) is 51.7 Å². The Hall–Kier alpha value is -0.730. The second-order valence-corrected chi connectivity index (χ2v) is 6.44. The summed E-state index contributed by atoms with van der Waals surface area (Å²) in [5, 5.41) is 10.3. The highest BCUT2D eigenvalue weighted by atomic mass is 35.5. The highest BCUT2D eigenvalue weighted by Crippen LogP contribution is 2.36. The van der Waals surface area contributed by atoms with E-state index in [0.29, 0.717) is 10.4 Å². The Morgan fingerprint density at radius 3 is 2.47 bits per heavy atom. The predicted octanol–water partition coefficient (Wildman–Crippen LogP) is 4.41. The van der Waals surface area contributed by atoms with Gasteiger partial charge in [-0.25, -0.2) is 0 Å². The fraction of sp³-hybridized carbons (Fsp3) is 0.625. The molecule has 2 rings (SSSR count). The quantitative estimate of drug-likeness (QED) is 0.887. The van der Waals surface area contributed by atoms with Crippen LogP contribution in [0.4, 0.5) is 5.69 Å². The van der Waals surface area contributed by atoms with Gasteiger partial charge in [0.15, 0.2) is 0 Å². The van der Waals surface area contributed by atoms with Gasteiger partial charge in [-0.3, -0.25) is 0 Å². The topological polar surface area (TPSA) is 23.5 Å². The molecule has 1 heterocycles. The van der Waals surface area contributed by atoms with Crippen molar-refractivity contribution in [1.29, 1.82) is 0 Å². The molecule has 0 aliphatic carbocycles. The molecule has 106 valence electrons. The first-order valence-electron chi connectivity index (χ1n) is 7.18. The normalized spacial score (nSPS) is 20.4. The van der Waals surface area contributed by atoms with E-state index in [-0.39, 0.29) is 0 Å². The van der Waals surface area contributed by atoms with Crippen LogP contribution in [0.25, 0.3) is 0 Å². The van der Waals surface area contributed by atoms with Gasteiger partial charge in [-0.2, -0.15) is 0 Å². The number of halogens is 1. The summed E-state index contributed by atoms with van der Waals surface area (Å²) in [6.45, 7) is 8.59. The minimum atomic E-state index is -0.508. The smallest absolute Gasteiger partial charge is 0.0776 e. The van der Waals surface area contributed by atoms with Crippen LogP contribution in [0.2, 0.25) is 5.02 Å². The molecule has 0 spiro atoms. The minimum Gasteiger partial charge on any atom is -0.389 e. The molecule has 0 aromatic heterocycles. The number of piperidine rings is 1. The summed E-state index contributed by atoms with van der Waals surface area (Å²) in [6.07, 6.45) is 3.22. The molecule has 1 fully saturated rings. The molecular weight excluding hydrogens is 258 g/mol. The van der Waals surface area contributed by atoms with Crippen LogP contribution in [0.5, 0.6) is 0 Å². The van der Waals surface area contributed by atoms with E-state index in [0.717, 1.165) is 18.7 Å². The van der Waals surface area contributed by atoms with E-state index in [9.17, 15) is 5.11 Å². The third-order valence-corrected chi connectivity index (χ3v) is 4.95. The van der Waals surface area contributed by atoms with Crippen molar-refractivity contribution in [2.75, 3.05) is 18.0 Å². The van der Waals surface area contributed by atoms with E-state index in [4.69, 9.17) is 11.6 Å². The van der Waals surface area contributed by atoms with E-state index in [2.05, 4.69) is 24.8 Å². The standard InChI is InChI=1S/C16H24ClNO/c1-4-16(3)7-9-18(10-8-16)13-5-6-14(12(2)19)15(17)11-13/h5-6,11-12,19H,4,7-10H2,1-3H3. The van der Waals surface area contributed by atoms with E-state index in [1.807, 2.05) is 12.1 Å². The van der Waals surface area contributed by atoms with Crippen molar-refractivity contribution in [3.63, 3.8) is 0 Å². The van der Waals surface area contributed by atoms with Crippen LogP contribution >= 0.6 is 11.6 Å². The molecule has 1 saturated heterocycles. The van der Waals surface area contributed by atoms with E-state index in [1.54, 1.807) is 6.92 Å². The molecule has 1 aliphatic rings. The number of hydrogen-bond donors (Lipinski definition) is 1. The molecule has 0 bridgehead atoms. The first kappa shape index (κ1) is 14.7. The Morgan fingerprint density at radius 1 is 1.37 bits per heavy atom. The monoisotopic (exact) mass is 281 g/mol. The lowest BCUT2D eigenvalue weighted by molar-refractivity contribution is 0.199. The Labute approximate surface area is 121 Å². The minimum absolute atomic E-state index is 0.500. The molecule has 1 aliphatic heterocycles. The third-order valence-electron chi connectivity index (χ3n) is 4.62. The van der Waals surface area contributed by atoms with Crippen LogP contribution in [-0.4, -0.2) is 18.2 Å². The SMILES string of the molecule is CCC1(C)CCN(c2ccc(C(C)O)c(Cl)c2)CC1. The Kier molecular flexibility index (Phi) is 4.42. The van der Waals surface area contributed by atoms with Crippen molar-refractivity contribution in [2.24, 2.45) is 5.41 Å². The van der Waals surface area contributed by atoms with Crippen LogP contribution in [0.3, 0.4) is 0 Å². The van der Waals surface area contributed by atoms with Gasteiger partial charge in [0.1, 0.15) is 0 Å². The second kappa shape index (κ2) is 5.72. The molecular formula is C16H24ClNO. The van der Waals surface area contributed by atoms with E-state index in [1.165, 1.54) is 24.9 Å². The average Bonchev–Trinajstić information content (AvgIpc) is 2.39. The highest BCUT2D eigenvalue weighted by Gasteiger charge is 2.28. The maximum absolute atomic E-state index is 9.61. The summed E-state index contributed by atoms with van der Waals surface area (Å²) in [6, 6.07) is 6.00. The summed E-state index contributed by atoms with van der Waals surface area (Å²) in [5.74, 6) is 0.